The normalized spacial score (nSPS) is 15.3. The van der Waals surface area contributed by atoms with Crippen LogP contribution in [0.1, 0.15) is 66.2 Å². The third kappa shape index (κ3) is 7.58. The van der Waals surface area contributed by atoms with Gasteiger partial charge in [0, 0.05) is 5.92 Å². The first-order valence-electron chi connectivity index (χ1n) is 6.57. The smallest absolute Gasteiger partial charge is 0.122 e. The molecule has 0 aromatic heterocycles. The molecule has 2 unspecified atom stereocenters. The maximum atomic E-state index is 10.6. The molecule has 90 valence electrons. The molecule has 0 rings (SSSR count). The van der Waals surface area contributed by atoms with Gasteiger partial charge in [0.15, 0.2) is 0 Å². The van der Waals surface area contributed by atoms with Crippen molar-refractivity contribution in [2.75, 3.05) is 0 Å². The fourth-order valence-corrected chi connectivity index (χ4v) is 2.09. The van der Waals surface area contributed by atoms with E-state index in [1.54, 1.807) is 0 Å². The second-order valence-electron chi connectivity index (χ2n) is 5.20. The lowest BCUT2D eigenvalue weighted by molar-refractivity contribution is -0.111. The molecule has 1 nitrogen and oxygen atoms in total. The molecule has 0 saturated carbocycles. The van der Waals surface area contributed by atoms with Crippen molar-refractivity contribution in [2.24, 2.45) is 17.8 Å². The van der Waals surface area contributed by atoms with Crippen LogP contribution in [0.4, 0.5) is 0 Å². The number of unbranched alkanes of at least 4 members (excludes halogenated alkanes) is 3. The van der Waals surface area contributed by atoms with Gasteiger partial charge in [-0.1, -0.05) is 59.8 Å². The molecule has 0 bridgehead atoms. The summed E-state index contributed by atoms with van der Waals surface area (Å²) in [5.74, 6) is 1.69. The summed E-state index contributed by atoms with van der Waals surface area (Å²) in [5.41, 5.74) is 0. The van der Waals surface area contributed by atoms with Crippen LogP contribution in [0.25, 0.3) is 0 Å². The molecule has 0 radical (unpaired) electrons. The van der Waals surface area contributed by atoms with Crippen LogP contribution >= 0.6 is 0 Å². The number of hydrogen-bond donors (Lipinski definition) is 0. The molecule has 0 fully saturated rings. The first-order chi connectivity index (χ1) is 7.11. The standard InChI is InChI=1S/C14H28O/c1-5-6-7-8-9-14(12(2)3)10-13(4)11-15/h11-14H,5-10H2,1-4H3. The van der Waals surface area contributed by atoms with Crippen molar-refractivity contribution in [1.82, 2.24) is 0 Å². The molecule has 0 aliphatic rings. The van der Waals surface area contributed by atoms with Crippen molar-refractivity contribution in [3.8, 4) is 0 Å². The van der Waals surface area contributed by atoms with Crippen molar-refractivity contribution >= 4 is 6.29 Å². The fourth-order valence-electron chi connectivity index (χ4n) is 2.09. The summed E-state index contributed by atoms with van der Waals surface area (Å²) in [7, 11) is 0. The Morgan fingerprint density at radius 2 is 1.73 bits per heavy atom. The molecule has 1 heteroatoms. The minimum absolute atomic E-state index is 0.239. The summed E-state index contributed by atoms with van der Waals surface area (Å²) in [4.78, 5) is 10.6. The van der Waals surface area contributed by atoms with Crippen LogP contribution in [0.3, 0.4) is 0 Å². The van der Waals surface area contributed by atoms with Gasteiger partial charge in [-0.25, -0.2) is 0 Å². The monoisotopic (exact) mass is 212 g/mol. The molecule has 0 aromatic carbocycles. The van der Waals surface area contributed by atoms with E-state index in [0.29, 0.717) is 5.92 Å². The van der Waals surface area contributed by atoms with E-state index < -0.39 is 0 Å². The van der Waals surface area contributed by atoms with E-state index in [0.717, 1.165) is 18.6 Å². The number of rotatable bonds is 9. The van der Waals surface area contributed by atoms with Gasteiger partial charge in [-0.2, -0.15) is 0 Å². The quantitative estimate of drug-likeness (QED) is 0.407. The molecule has 0 spiro atoms. The van der Waals surface area contributed by atoms with E-state index in [1.807, 2.05) is 6.92 Å². The lowest BCUT2D eigenvalue weighted by Gasteiger charge is -2.22. The molecule has 0 amide bonds. The topological polar surface area (TPSA) is 17.1 Å². The average molecular weight is 212 g/mol. The van der Waals surface area contributed by atoms with Gasteiger partial charge in [-0.3, -0.25) is 0 Å². The van der Waals surface area contributed by atoms with E-state index in [9.17, 15) is 4.79 Å². The maximum Gasteiger partial charge on any atom is 0.122 e. The zero-order valence-electron chi connectivity index (χ0n) is 11.0. The van der Waals surface area contributed by atoms with Crippen molar-refractivity contribution in [3.05, 3.63) is 0 Å². The lowest BCUT2D eigenvalue weighted by atomic mass is 9.83. The van der Waals surface area contributed by atoms with Crippen LogP contribution in [-0.4, -0.2) is 6.29 Å². The van der Waals surface area contributed by atoms with Gasteiger partial charge in [0.05, 0.1) is 0 Å². The predicted molar refractivity (Wildman–Crippen MR) is 66.9 cm³/mol. The molecular weight excluding hydrogens is 184 g/mol. The van der Waals surface area contributed by atoms with Crippen molar-refractivity contribution in [3.63, 3.8) is 0 Å². The Morgan fingerprint density at radius 3 is 2.20 bits per heavy atom. The van der Waals surface area contributed by atoms with Gasteiger partial charge < -0.3 is 4.79 Å². The van der Waals surface area contributed by atoms with E-state index in [1.165, 1.54) is 32.1 Å². The molecule has 0 saturated heterocycles. The van der Waals surface area contributed by atoms with Crippen LogP contribution in [0, 0.1) is 17.8 Å². The van der Waals surface area contributed by atoms with Crippen molar-refractivity contribution in [1.29, 1.82) is 0 Å². The Labute approximate surface area is 95.6 Å². The molecule has 0 aliphatic heterocycles. The summed E-state index contributed by atoms with van der Waals surface area (Å²) in [6.45, 7) is 8.84. The highest BCUT2D eigenvalue weighted by atomic mass is 16.1. The molecule has 2 atom stereocenters. The minimum atomic E-state index is 0.239. The highest BCUT2D eigenvalue weighted by Gasteiger charge is 2.15. The molecule has 0 aromatic rings. The zero-order valence-corrected chi connectivity index (χ0v) is 11.0. The first kappa shape index (κ1) is 14.7. The fraction of sp³-hybridized carbons (Fsp3) is 0.929. The summed E-state index contributed by atoms with van der Waals surface area (Å²) < 4.78 is 0. The van der Waals surface area contributed by atoms with Crippen LogP contribution in [-0.2, 0) is 4.79 Å². The van der Waals surface area contributed by atoms with Crippen molar-refractivity contribution in [2.45, 2.75) is 66.2 Å². The third-order valence-electron chi connectivity index (χ3n) is 3.28. The second kappa shape index (κ2) is 8.94. The number of carbonyl (C=O) groups excluding carboxylic acids is 1. The van der Waals surface area contributed by atoms with Gasteiger partial charge in [-0.05, 0) is 18.3 Å². The van der Waals surface area contributed by atoms with Crippen LogP contribution in [0.2, 0.25) is 0 Å². The Balaban J connectivity index is 3.78. The van der Waals surface area contributed by atoms with E-state index in [-0.39, 0.29) is 5.92 Å². The largest absolute Gasteiger partial charge is 0.303 e. The summed E-state index contributed by atoms with van der Waals surface area (Å²) >= 11 is 0. The van der Waals surface area contributed by atoms with Crippen LogP contribution < -0.4 is 0 Å². The van der Waals surface area contributed by atoms with E-state index in [4.69, 9.17) is 0 Å². The van der Waals surface area contributed by atoms with Gasteiger partial charge in [0.25, 0.3) is 0 Å². The molecular formula is C14H28O. The van der Waals surface area contributed by atoms with Crippen molar-refractivity contribution < 1.29 is 4.79 Å². The number of hydrogen-bond acceptors (Lipinski definition) is 1. The summed E-state index contributed by atoms with van der Waals surface area (Å²) in [6.07, 6.45) is 8.83. The maximum absolute atomic E-state index is 10.6. The highest BCUT2D eigenvalue weighted by Crippen LogP contribution is 2.25. The van der Waals surface area contributed by atoms with E-state index in [2.05, 4.69) is 20.8 Å². The van der Waals surface area contributed by atoms with Gasteiger partial charge in [-0.15, -0.1) is 0 Å². The Hall–Kier alpha value is -0.330. The Kier molecular flexibility index (Phi) is 8.74. The SMILES string of the molecule is CCCCCCC(CC(C)C=O)C(C)C. The molecule has 0 heterocycles. The van der Waals surface area contributed by atoms with Crippen LogP contribution in [0.5, 0.6) is 0 Å². The Morgan fingerprint density at radius 1 is 1.07 bits per heavy atom. The van der Waals surface area contributed by atoms with Gasteiger partial charge in [0.1, 0.15) is 6.29 Å². The Bertz CT molecular complexity index is 151. The van der Waals surface area contributed by atoms with Gasteiger partial charge >= 0.3 is 0 Å². The third-order valence-corrected chi connectivity index (χ3v) is 3.28. The zero-order chi connectivity index (χ0) is 11.7. The van der Waals surface area contributed by atoms with E-state index >= 15 is 0 Å². The summed E-state index contributed by atoms with van der Waals surface area (Å²) in [5, 5.41) is 0. The van der Waals surface area contributed by atoms with Gasteiger partial charge in [0.2, 0.25) is 0 Å². The molecule has 0 aliphatic carbocycles. The number of aldehydes is 1. The predicted octanol–water partition coefficient (Wildman–Crippen LogP) is 4.45. The molecule has 15 heavy (non-hydrogen) atoms. The minimum Gasteiger partial charge on any atom is -0.303 e. The number of carbonyl (C=O) groups is 1. The first-order valence-corrected chi connectivity index (χ1v) is 6.57. The lowest BCUT2D eigenvalue weighted by Crippen LogP contribution is -2.13. The summed E-state index contributed by atoms with van der Waals surface area (Å²) in [6, 6.07) is 0. The molecule has 0 N–H and O–H groups in total. The second-order valence-corrected chi connectivity index (χ2v) is 5.20. The average Bonchev–Trinajstić information content (AvgIpc) is 2.21. The highest BCUT2D eigenvalue weighted by molar-refractivity contribution is 5.52. The van der Waals surface area contributed by atoms with Crippen LogP contribution in [0.15, 0.2) is 0 Å².